The molecule has 0 heterocycles. The molecule has 76 valence electrons. The van der Waals surface area contributed by atoms with Crippen molar-refractivity contribution in [3.05, 3.63) is 29.3 Å². The first-order valence-electron chi connectivity index (χ1n) is 4.80. The number of hydrogen-bond acceptors (Lipinski definition) is 1. The van der Waals surface area contributed by atoms with Gasteiger partial charge in [-0.3, -0.25) is 0 Å². The Bertz CT molecular complexity index is 334. The Hall–Kier alpha value is -1.51. The Balaban J connectivity index is 3.01. The molecule has 0 aliphatic heterocycles. The fourth-order valence-electron chi connectivity index (χ4n) is 1.53. The Kier molecular flexibility index (Phi) is 3.51. The van der Waals surface area contributed by atoms with E-state index in [4.69, 9.17) is 5.73 Å². The minimum Gasteiger partial charge on any atom is -0.351 e. The molecule has 0 aliphatic rings. The summed E-state index contributed by atoms with van der Waals surface area (Å²) in [5, 5.41) is 2.64. The van der Waals surface area contributed by atoms with Crippen molar-refractivity contribution in [1.29, 1.82) is 0 Å². The Morgan fingerprint density at radius 3 is 2.79 bits per heavy atom. The first-order valence-corrected chi connectivity index (χ1v) is 4.80. The molecular formula is C11H16N2O. The third kappa shape index (κ3) is 2.49. The molecule has 1 aromatic carbocycles. The summed E-state index contributed by atoms with van der Waals surface area (Å²) in [4.78, 5) is 10.7. The molecule has 0 atom stereocenters. The van der Waals surface area contributed by atoms with Gasteiger partial charge in [0.15, 0.2) is 0 Å². The number of rotatable bonds is 3. The van der Waals surface area contributed by atoms with Gasteiger partial charge in [0.1, 0.15) is 0 Å². The minimum atomic E-state index is -0.507. The van der Waals surface area contributed by atoms with Gasteiger partial charge in [0, 0.05) is 5.69 Å². The predicted molar refractivity (Wildman–Crippen MR) is 58.4 cm³/mol. The second-order valence-corrected chi connectivity index (χ2v) is 3.34. The van der Waals surface area contributed by atoms with Gasteiger partial charge in [0.05, 0.1) is 0 Å². The van der Waals surface area contributed by atoms with Crippen LogP contribution in [0.1, 0.15) is 24.5 Å². The molecule has 0 fully saturated rings. The number of aryl methyl sites for hydroxylation is 1. The van der Waals surface area contributed by atoms with Crippen molar-refractivity contribution in [2.75, 3.05) is 5.32 Å². The van der Waals surface area contributed by atoms with Gasteiger partial charge in [0.2, 0.25) is 0 Å². The standard InChI is InChI=1S/C11H16N2O/c1-3-5-9-8(2)6-4-7-10(9)13-11(12)14/h4,6-7H,3,5H2,1-2H3,(H3,12,13,14). The second-order valence-electron chi connectivity index (χ2n) is 3.34. The van der Waals surface area contributed by atoms with Crippen molar-refractivity contribution < 1.29 is 4.79 Å². The van der Waals surface area contributed by atoms with Gasteiger partial charge in [-0.25, -0.2) is 4.79 Å². The summed E-state index contributed by atoms with van der Waals surface area (Å²) in [6, 6.07) is 5.33. The maximum atomic E-state index is 10.7. The van der Waals surface area contributed by atoms with Crippen LogP contribution in [-0.4, -0.2) is 6.03 Å². The van der Waals surface area contributed by atoms with E-state index in [0.29, 0.717) is 0 Å². The number of hydrogen-bond donors (Lipinski definition) is 2. The zero-order chi connectivity index (χ0) is 10.6. The molecule has 3 heteroatoms. The third-order valence-corrected chi connectivity index (χ3v) is 2.17. The molecule has 0 saturated heterocycles. The molecule has 1 rings (SSSR count). The maximum Gasteiger partial charge on any atom is 0.316 e. The minimum absolute atomic E-state index is 0.507. The van der Waals surface area contributed by atoms with Gasteiger partial charge >= 0.3 is 6.03 Å². The largest absolute Gasteiger partial charge is 0.351 e. The molecule has 0 unspecified atom stereocenters. The monoisotopic (exact) mass is 192 g/mol. The number of urea groups is 1. The molecule has 2 amide bonds. The first kappa shape index (κ1) is 10.6. The zero-order valence-electron chi connectivity index (χ0n) is 8.63. The lowest BCUT2D eigenvalue weighted by molar-refractivity contribution is 0.259. The number of carbonyl (C=O) groups is 1. The summed E-state index contributed by atoms with van der Waals surface area (Å²) in [5.74, 6) is 0. The van der Waals surface area contributed by atoms with E-state index in [1.165, 1.54) is 11.1 Å². The number of benzene rings is 1. The van der Waals surface area contributed by atoms with Crippen LogP contribution in [0.2, 0.25) is 0 Å². The van der Waals surface area contributed by atoms with Crippen LogP contribution in [0, 0.1) is 6.92 Å². The van der Waals surface area contributed by atoms with E-state index < -0.39 is 6.03 Å². The topological polar surface area (TPSA) is 55.1 Å². The molecule has 3 N–H and O–H groups in total. The average molecular weight is 192 g/mol. The van der Waals surface area contributed by atoms with Crippen molar-refractivity contribution in [3.8, 4) is 0 Å². The van der Waals surface area contributed by atoms with E-state index in [2.05, 4.69) is 12.2 Å². The lowest BCUT2D eigenvalue weighted by atomic mass is 10.0. The lowest BCUT2D eigenvalue weighted by Crippen LogP contribution is -2.20. The van der Waals surface area contributed by atoms with Crippen molar-refractivity contribution in [3.63, 3.8) is 0 Å². The summed E-state index contributed by atoms with van der Waals surface area (Å²) < 4.78 is 0. The van der Waals surface area contributed by atoms with Gasteiger partial charge in [-0.05, 0) is 30.5 Å². The van der Waals surface area contributed by atoms with Crippen LogP contribution in [-0.2, 0) is 6.42 Å². The molecule has 0 saturated carbocycles. The Morgan fingerprint density at radius 2 is 2.21 bits per heavy atom. The van der Waals surface area contributed by atoms with Crippen LogP contribution in [0.3, 0.4) is 0 Å². The fourth-order valence-corrected chi connectivity index (χ4v) is 1.53. The van der Waals surface area contributed by atoms with Crippen LogP contribution in [0.25, 0.3) is 0 Å². The SMILES string of the molecule is CCCc1c(C)cccc1NC(N)=O. The smallest absolute Gasteiger partial charge is 0.316 e. The highest BCUT2D eigenvalue weighted by Gasteiger charge is 2.05. The molecule has 0 radical (unpaired) electrons. The fraction of sp³-hybridized carbons (Fsp3) is 0.364. The molecule has 0 bridgehead atoms. The molecular weight excluding hydrogens is 176 g/mol. The van der Waals surface area contributed by atoms with Gasteiger partial charge in [-0.2, -0.15) is 0 Å². The summed E-state index contributed by atoms with van der Waals surface area (Å²) in [6.45, 7) is 4.15. The van der Waals surface area contributed by atoms with Crippen LogP contribution < -0.4 is 11.1 Å². The van der Waals surface area contributed by atoms with E-state index in [0.717, 1.165) is 18.5 Å². The number of anilines is 1. The quantitative estimate of drug-likeness (QED) is 0.759. The van der Waals surface area contributed by atoms with Gasteiger partial charge in [-0.15, -0.1) is 0 Å². The van der Waals surface area contributed by atoms with Crippen LogP contribution >= 0.6 is 0 Å². The van der Waals surface area contributed by atoms with Crippen molar-refractivity contribution in [1.82, 2.24) is 0 Å². The summed E-state index contributed by atoms with van der Waals surface area (Å²) >= 11 is 0. The molecule has 0 spiro atoms. The van der Waals surface area contributed by atoms with Gasteiger partial charge in [0.25, 0.3) is 0 Å². The predicted octanol–water partition coefficient (Wildman–Crippen LogP) is 2.44. The van der Waals surface area contributed by atoms with E-state index in [1.54, 1.807) is 0 Å². The van der Waals surface area contributed by atoms with Gasteiger partial charge in [-0.1, -0.05) is 25.5 Å². The van der Waals surface area contributed by atoms with E-state index >= 15 is 0 Å². The Morgan fingerprint density at radius 1 is 1.50 bits per heavy atom. The molecule has 3 nitrogen and oxygen atoms in total. The number of primary amides is 1. The number of carbonyl (C=O) groups excluding carboxylic acids is 1. The summed E-state index contributed by atoms with van der Waals surface area (Å²) in [6.07, 6.45) is 2.01. The van der Waals surface area contributed by atoms with Crippen LogP contribution in [0.5, 0.6) is 0 Å². The third-order valence-electron chi connectivity index (χ3n) is 2.17. The number of nitrogens with two attached hydrogens (primary N) is 1. The van der Waals surface area contributed by atoms with Gasteiger partial charge < -0.3 is 11.1 Å². The zero-order valence-corrected chi connectivity index (χ0v) is 8.63. The van der Waals surface area contributed by atoms with Crippen LogP contribution in [0.15, 0.2) is 18.2 Å². The maximum absolute atomic E-state index is 10.7. The summed E-state index contributed by atoms with van der Waals surface area (Å²) in [5.41, 5.74) is 8.29. The highest BCUT2D eigenvalue weighted by Crippen LogP contribution is 2.20. The highest BCUT2D eigenvalue weighted by atomic mass is 16.2. The first-order chi connectivity index (χ1) is 6.65. The van der Waals surface area contributed by atoms with E-state index in [1.807, 2.05) is 25.1 Å². The Labute approximate surface area is 84.3 Å². The van der Waals surface area contributed by atoms with Crippen LogP contribution in [0.4, 0.5) is 10.5 Å². The number of amides is 2. The van der Waals surface area contributed by atoms with Crippen molar-refractivity contribution in [2.45, 2.75) is 26.7 Å². The molecule has 1 aromatic rings. The summed E-state index contributed by atoms with van der Waals surface area (Å²) in [7, 11) is 0. The lowest BCUT2D eigenvalue weighted by Gasteiger charge is -2.11. The average Bonchev–Trinajstić information content (AvgIpc) is 2.10. The van der Waals surface area contributed by atoms with Crippen molar-refractivity contribution in [2.24, 2.45) is 5.73 Å². The number of nitrogens with one attached hydrogen (secondary N) is 1. The molecule has 0 aromatic heterocycles. The molecule has 14 heavy (non-hydrogen) atoms. The van der Waals surface area contributed by atoms with E-state index in [9.17, 15) is 4.79 Å². The normalized spacial score (nSPS) is 9.86. The second kappa shape index (κ2) is 4.65. The molecule has 0 aliphatic carbocycles. The highest BCUT2D eigenvalue weighted by molar-refractivity contribution is 5.88. The van der Waals surface area contributed by atoms with E-state index in [-0.39, 0.29) is 0 Å². The van der Waals surface area contributed by atoms with Crippen molar-refractivity contribution >= 4 is 11.7 Å².